The molecule has 1 atom stereocenters. The lowest BCUT2D eigenvalue weighted by Gasteiger charge is -2.35. The molecule has 4 nitrogen and oxygen atoms in total. The molecule has 0 radical (unpaired) electrons. The van der Waals surface area contributed by atoms with Gasteiger partial charge >= 0.3 is 0 Å². The minimum atomic E-state index is 0. The largest absolute Gasteiger partial charge is 0.370 e. The average Bonchev–Trinajstić information content (AvgIpc) is 2.55. The number of hydrogen-bond acceptors (Lipinski definition) is 3. The summed E-state index contributed by atoms with van der Waals surface area (Å²) >= 11 is 1.83. The number of guanidine groups is 1. The van der Waals surface area contributed by atoms with Gasteiger partial charge in [0, 0.05) is 18.8 Å². The fourth-order valence-corrected chi connectivity index (χ4v) is 2.92. The van der Waals surface area contributed by atoms with E-state index < -0.39 is 0 Å². The molecule has 1 heterocycles. The third-order valence-electron chi connectivity index (χ3n) is 3.79. The van der Waals surface area contributed by atoms with Crippen molar-refractivity contribution in [3.63, 3.8) is 0 Å². The van der Waals surface area contributed by atoms with Gasteiger partial charge in [-0.25, -0.2) is 0 Å². The molecule has 0 saturated carbocycles. The molecule has 1 aliphatic heterocycles. The van der Waals surface area contributed by atoms with Crippen molar-refractivity contribution >= 4 is 41.7 Å². The summed E-state index contributed by atoms with van der Waals surface area (Å²) in [4.78, 5) is 7.06. The van der Waals surface area contributed by atoms with Crippen molar-refractivity contribution < 1.29 is 4.74 Å². The van der Waals surface area contributed by atoms with Crippen LogP contribution in [0.3, 0.4) is 0 Å². The smallest absolute Gasteiger partial charge is 0.194 e. The van der Waals surface area contributed by atoms with Crippen LogP contribution in [0.4, 0.5) is 0 Å². The van der Waals surface area contributed by atoms with Gasteiger partial charge in [0.2, 0.25) is 0 Å². The summed E-state index contributed by atoms with van der Waals surface area (Å²) < 4.78 is 6.00. The highest BCUT2D eigenvalue weighted by atomic mass is 127. The number of nitrogens with zero attached hydrogens (tertiary/aromatic N) is 2. The number of aryl methyl sites for hydroxylation is 1. The van der Waals surface area contributed by atoms with Crippen LogP contribution in [-0.2, 0) is 4.74 Å². The van der Waals surface area contributed by atoms with Gasteiger partial charge in [0.1, 0.15) is 6.10 Å². The van der Waals surface area contributed by atoms with Crippen molar-refractivity contribution in [2.75, 3.05) is 44.8 Å². The third-order valence-corrected chi connectivity index (χ3v) is 4.38. The number of hydrogen-bond donors (Lipinski definition) is 1. The normalized spacial score (nSPS) is 18.5. The van der Waals surface area contributed by atoms with Crippen molar-refractivity contribution in [1.29, 1.82) is 0 Å². The van der Waals surface area contributed by atoms with Crippen LogP contribution in [0.25, 0.3) is 0 Å². The summed E-state index contributed by atoms with van der Waals surface area (Å²) in [5.74, 6) is 2.07. The van der Waals surface area contributed by atoms with E-state index in [0.29, 0.717) is 0 Å². The Labute approximate surface area is 161 Å². The first-order valence-electron chi connectivity index (χ1n) is 7.95. The highest BCUT2D eigenvalue weighted by Crippen LogP contribution is 2.24. The van der Waals surface area contributed by atoms with Gasteiger partial charge in [0.05, 0.1) is 19.7 Å². The van der Waals surface area contributed by atoms with Crippen LogP contribution < -0.4 is 5.32 Å². The fraction of sp³-hybridized carbons (Fsp3) is 0.588. The summed E-state index contributed by atoms with van der Waals surface area (Å²) in [6.45, 7) is 8.51. The molecule has 130 valence electrons. The van der Waals surface area contributed by atoms with E-state index in [1.165, 1.54) is 11.1 Å². The van der Waals surface area contributed by atoms with Crippen LogP contribution >= 0.6 is 35.7 Å². The molecule has 1 fully saturated rings. The van der Waals surface area contributed by atoms with Crippen molar-refractivity contribution in [3.05, 3.63) is 35.4 Å². The number of benzene rings is 1. The van der Waals surface area contributed by atoms with E-state index in [1.54, 1.807) is 0 Å². The molecule has 1 aromatic rings. The molecule has 0 amide bonds. The first-order valence-corrected chi connectivity index (χ1v) is 9.35. The highest BCUT2D eigenvalue weighted by molar-refractivity contribution is 14.0. The number of halogens is 1. The molecule has 0 spiro atoms. The zero-order valence-electron chi connectivity index (χ0n) is 14.2. The number of thioether (sulfide) groups is 1. The van der Waals surface area contributed by atoms with Gasteiger partial charge in [0.15, 0.2) is 5.96 Å². The minimum absolute atomic E-state index is 0. The Morgan fingerprint density at radius 3 is 2.91 bits per heavy atom. The van der Waals surface area contributed by atoms with Gasteiger partial charge in [-0.2, -0.15) is 11.8 Å². The van der Waals surface area contributed by atoms with E-state index in [4.69, 9.17) is 9.73 Å². The number of rotatable bonds is 5. The Morgan fingerprint density at radius 2 is 2.22 bits per heavy atom. The second-order valence-corrected chi connectivity index (χ2v) is 6.38. The van der Waals surface area contributed by atoms with Gasteiger partial charge in [-0.1, -0.05) is 24.3 Å². The van der Waals surface area contributed by atoms with Crippen LogP contribution in [0, 0.1) is 6.92 Å². The molecule has 2 rings (SSSR count). The van der Waals surface area contributed by atoms with Crippen molar-refractivity contribution in [2.24, 2.45) is 4.99 Å². The van der Waals surface area contributed by atoms with Crippen LogP contribution in [0.15, 0.2) is 29.3 Å². The average molecular weight is 449 g/mol. The first kappa shape index (κ1) is 20.6. The molecule has 1 aromatic carbocycles. The Balaban J connectivity index is 0.00000264. The zero-order chi connectivity index (χ0) is 15.8. The molecular formula is C17H28IN3OS. The molecule has 0 bridgehead atoms. The summed E-state index contributed by atoms with van der Waals surface area (Å²) in [6.07, 6.45) is 2.24. The molecule has 0 aromatic heterocycles. The van der Waals surface area contributed by atoms with Gasteiger partial charge < -0.3 is 15.0 Å². The lowest BCUT2D eigenvalue weighted by molar-refractivity contribution is -0.00831. The standard InChI is InChI=1S/C17H27N3OS.HI/c1-4-18-17(19-9-12-22-3)20-10-11-21-16(13-20)15-8-6-5-7-14(15)2;/h5-8,16H,4,9-13H2,1-3H3,(H,18,19);1H. The topological polar surface area (TPSA) is 36.9 Å². The minimum Gasteiger partial charge on any atom is -0.370 e. The Bertz CT molecular complexity index is 498. The lowest BCUT2D eigenvalue weighted by Crippen LogP contribution is -2.48. The zero-order valence-corrected chi connectivity index (χ0v) is 17.4. The van der Waals surface area contributed by atoms with Crippen molar-refractivity contribution in [3.8, 4) is 0 Å². The van der Waals surface area contributed by atoms with E-state index in [2.05, 4.69) is 54.6 Å². The number of aliphatic imine (C=N–C) groups is 1. The summed E-state index contributed by atoms with van der Waals surface area (Å²) in [5.41, 5.74) is 2.57. The SMILES string of the molecule is CCNC(=NCCSC)N1CCOC(c2ccccc2C)C1.I. The van der Waals surface area contributed by atoms with E-state index in [-0.39, 0.29) is 30.1 Å². The maximum Gasteiger partial charge on any atom is 0.194 e. The van der Waals surface area contributed by atoms with Crippen molar-refractivity contribution in [2.45, 2.75) is 20.0 Å². The molecule has 1 N–H and O–H groups in total. The van der Waals surface area contributed by atoms with Gasteiger partial charge in [-0.15, -0.1) is 24.0 Å². The van der Waals surface area contributed by atoms with Gasteiger partial charge in [0.25, 0.3) is 0 Å². The molecule has 6 heteroatoms. The van der Waals surface area contributed by atoms with E-state index >= 15 is 0 Å². The molecule has 0 aliphatic carbocycles. The number of morpholine rings is 1. The molecule has 1 aliphatic rings. The summed E-state index contributed by atoms with van der Waals surface area (Å²) in [7, 11) is 0. The summed E-state index contributed by atoms with van der Waals surface area (Å²) in [6, 6.07) is 8.48. The summed E-state index contributed by atoms with van der Waals surface area (Å²) in [5, 5.41) is 3.41. The van der Waals surface area contributed by atoms with Crippen LogP contribution in [0.5, 0.6) is 0 Å². The Morgan fingerprint density at radius 1 is 1.43 bits per heavy atom. The second kappa shape index (κ2) is 11.1. The van der Waals surface area contributed by atoms with E-state index in [1.807, 2.05) is 11.8 Å². The van der Waals surface area contributed by atoms with Crippen LogP contribution in [0.2, 0.25) is 0 Å². The predicted octanol–water partition coefficient (Wildman–Crippen LogP) is 3.31. The lowest BCUT2D eigenvalue weighted by atomic mass is 10.0. The highest BCUT2D eigenvalue weighted by Gasteiger charge is 2.24. The fourth-order valence-electron chi connectivity index (χ4n) is 2.65. The van der Waals surface area contributed by atoms with Gasteiger partial charge in [-0.3, -0.25) is 4.99 Å². The third kappa shape index (κ3) is 6.15. The number of ether oxygens (including phenoxy) is 1. The Hall–Kier alpha value is -0.470. The molecule has 23 heavy (non-hydrogen) atoms. The maximum atomic E-state index is 6.00. The van der Waals surface area contributed by atoms with Crippen LogP contribution in [-0.4, -0.2) is 55.7 Å². The Kier molecular flexibility index (Phi) is 9.97. The first-order chi connectivity index (χ1) is 10.8. The monoisotopic (exact) mass is 449 g/mol. The quantitative estimate of drug-likeness (QED) is 0.324. The maximum absolute atomic E-state index is 6.00. The van der Waals surface area contributed by atoms with Crippen LogP contribution in [0.1, 0.15) is 24.2 Å². The van der Waals surface area contributed by atoms with Crippen molar-refractivity contribution in [1.82, 2.24) is 10.2 Å². The van der Waals surface area contributed by atoms with E-state index in [0.717, 1.165) is 44.5 Å². The molecule has 1 saturated heterocycles. The molecule has 1 unspecified atom stereocenters. The second-order valence-electron chi connectivity index (χ2n) is 5.39. The number of nitrogens with one attached hydrogen (secondary N) is 1. The molecular weight excluding hydrogens is 421 g/mol. The predicted molar refractivity (Wildman–Crippen MR) is 111 cm³/mol. The van der Waals surface area contributed by atoms with E-state index in [9.17, 15) is 0 Å². The van der Waals surface area contributed by atoms with Gasteiger partial charge in [-0.05, 0) is 31.2 Å².